The van der Waals surface area contributed by atoms with Gasteiger partial charge in [-0.2, -0.15) is 0 Å². The smallest absolute Gasteiger partial charge is 0.258 e. The molecule has 3 N–H and O–H groups in total. The van der Waals surface area contributed by atoms with Crippen LogP contribution in [0.25, 0.3) is 0 Å². The van der Waals surface area contributed by atoms with Crippen LogP contribution in [-0.4, -0.2) is 18.6 Å². The van der Waals surface area contributed by atoms with Crippen molar-refractivity contribution in [1.82, 2.24) is 5.32 Å². The molecule has 0 bridgehead atoms. The summed E-state index contributed by atoms with van der Waals surface area (Å²) in [6.45, 7) is 1.91. The number of carbonyl (C=O) groups is 1. The molecule has 96 valence electrons. The maximum Gasteiger partial charge on any atom is 0.258 e. The van der Waals surface area contributed by atoms with Crippen LogP contribution >= 0.6 is 0 Å². The van der Waals surface area contributed by atoms with E-state index in [1.54, 1.807) is 18.2 Å². The van der Waals surface area contributed by atoms with Crippen LogP contribution in [0.1, 0.15) is 19.8 Å². The van der Waals surface area contributed by atoms with Crippen molar-refractivity contribution in [2.75, 3.05) is 12.3 Å². The van der Waals surface area contributed by atoms with E-state index in [9.17, 15) is 4.79 Å². The standard InChI is InChI=1S/C14H18N2O2/c1-3-7-11(4-2)16-14(17)10-18-13-9-6-5-8-12(13)15/h1,5-6,8-9,11H,4,7,10,15H2,2H3,(H,16,17). The van der Waals surface area contributed by atoms with Crippen molar-refractivity contribution in [2.45, 2.75) is 25.8 Å². The van der Waals surface area contributed by atoms with E-state index in [1.165, 1.54) is 0 Å². The first-order valence-corrected chi connectivity index (χ1v) is 5.87. The highest BCUT2D eigenvalue weighted by atomic mass is 16.5. The van der Waals surface area contributed by atoms with Crippen LogP contribution < -0.4 is 15.8 Å². The maximum absolute atomic E-state index is 11.6. The molecular weight excluding hydrogens is 228 g/mol. The van der Waals surface area contributed by atoms with Gasteiger partial charge in [-0.05, 0) is 18.6 Å². The minimum atomic E-state index is -0.194. The number of nitrogens with two attached hydrogens (primary N) is 1. The van der Waals surface area contributed by atoms with Crippen LogP contribution in [0.2, 0.25) is 0 Å². The number of ether oxygens (including phenoxy) is 1. The topological polar surface area (TPSA) is 64.3 Å². The van der Waals surface area contributed by atoms with E-state index >= 15 is 0 Å². The van der Waals surface area contributed by atoms with E-state index in [0.29, 0.717) is 17.9 Å². The lowest BCUT2D eigenvalue weighted by molar-refractivity contribution is -0.123. The van der Waals surface area contributed by atoms with E-state index in [0.717, 1.165) is 6.42 Å². The summed E-state index contributed by atoms with van der Waals surface area (Å²) in [4.78, 5) is 11.6. The van der Waals surface area contributed by atoms with Crippen molar-refractivity contribution < 1.29 is 9.53 Å². The molecule has 0 saturated carbocycles. The lowest BCUT2D eigenvalue weighted by atomic mass is 10.1. The zero-order valence-corrected chi connectivity index (χ0v) is 10.5. The fourth-order valence-electron chi connectivity index (χ4n) is 1.46. The van der Waals surface area contributed by atoms with Gasteiger partial charge < -0.3 is 15.8 Å². The molecule has 0 fully saturated rings. The number of nitrogen functional groups attached to an aromatic ring is 1. The zero-order chi connectivity index (χ0) is 13.4. The van der Waals surface area contributed by atoms with Crippen molar-refractivity contribution in [3.8, 4) is 18.1 Å². The van der Waals surface area contributed by atoms with Crippen molar-refractivity contribution in [2.24, 2.45) is 0 Å². The van der Waals surface area contributed by atoms with E-state index in [2.05, 4.69) is 11.2 Å². The maximum atomic E-state index is 11.6. The Balaban J connectivity index is 2.42. The Labute approximate surface area is 108 Å². The fourth-order valence-corrected chi connectivity index (χ4v) is 1.46. The number of para-hydroxylation sites is 2. The highest BCUT2D eigenvalue weighted by molar-refractivity contribution is 5.78. The lowest BCUT2D eigenvalue weighted by Crippen LogP contribution is -2.37. The normalized spacial score (nSPS) is 11.3. The molecular formula is C14H18N2O2. The van der Waals surface area contributed by atoms with E-state index < -0.39 is 0 Å². The largest absolute Gasteiger partial charge is 0.482 e. The Kier molecular flexibility index (Phi) is 5.59. The number of hydrogen-bond donors (Lipinski definition) is 2. The minimum Gasteiger partial charge on any atom is -0.482 e. The highest BCUT2D eigenvalue weighted by Gasteiger charge is 2.10. The van der Waals surface area contributed by atoms with Crippen LogP contribution in [-0.2, 0) is 4.79 Å². The van der Waals surface area contributed by atoms with Crippen LogP contribution in [0.15, 0.2) is 24.3 Å². The second-order valence-corrected chi connectivity index (χ2v) is 3.91. The van der Waals surface area contributed by atoms with Gasteiger partial charge in [-0.1, -0.05) is 19.1 Å². The first-order valence-electron chi connectivity index (χ1n) is 5.87. The Hall–Kier alpha value is -2.15. The lowest BCUT2D eigenvalue weighted by Gasteiger charge is -2.14. The van der Waals surface area contributed by atoms with E-state index in [4.69, 9.17) is 16.9 Å². The first kappa shape index (κ1) is 13.9. The average Bonchev–Trinajstić information content (AvgIpc) is 2.37. The predicted molar refractivity (Wildman–Crippen MR) is 72.0 cm³/mol. The molecule has 1 aromatic rings. The summed E-state index contributed by atoms with van der Waals surface area (Å²) in [6, 6.07) is 7.06. The molecule has 1 aromatic carbocycles. The number of hydrogen-bond acceptors (Lipinski definition) is 3. The van der Waals surface area contributed by atoms with Crippen LogP contribution in [0, 0.1) is 12.3 Å². The van der Waals surface area contributed by atoms with Crippen LogP contribution in [0.3, 0.4) is 0 Å². The zero-order valence-electron chi connectivity index (χ0n) is 10.5. The minimum absolute atomic E-state index is 0.000722. The van der Waals surface area contributed by atoms with Gasteiger partial charge in [0.2, 0.25) is 0 Å². The number of terminal acetylenes is 1. The van der Waals surface area contributed by atoms with Crippen LogP contribution in [0.5, 0.6) is 5.75 Å². The first-order chi connectivity index (χ1) is 8.67. The Morgan fingerprint density at radius 2 is 2.28 bits per heavy atom. The van der Waals surface area contributed by atoms with Crippen molar-refractivity contribution in [3.05, 3.63) is 24.3 Å². The van der Waals surface area contributed by atoms with Crippen LogP contribution in [0.4, 0.5) is 5.69 Å². The van der Waals surface area contributed by atoms with Crippen molar-refractivity contribution in [1.29, 1.82) is 0 Å². The molecule has 1 atom stereocenters. The van der Waals surface area contributed by atoms with Gasteiger partial charge in [-0.15, -0.1) is 12.3 Å². The summed E-state index contributed by atoms with van der Waals surface area (Å²) in [7, 11) is 0. The molecule has 4 heteroatoms. The van der Waals surface area contributed by atoms with Crippen molar-refractivity contribution >= 4 is 11.6 Å². The number of nitrogens with one attached hydrogen (secondary N) is 1. The molecule has 0 spiro atoms. The third kappa shape index (κ3) is 4.38. The monoisotopic (exact) mass is 246 g/mol. The Bertz CT molecular complexity index is 438. The molecule has 1 rings (SSSR count). The summed E-state index contributed by atoms with van der Waals surface area (Å²) in [6.07, 6.45) is 6.54. The van der Waals surface area contributed by atoms with Gasteiger partial charge in [0.25, 0.3) is 5.91 Å². The molecule has 1 amide bonds. The van der Waals surface area contributed by atoms with Gasteiger partial charge >= 0.3 is 0 Å². The summed E-state index contributed by atoms with van der Waals surface area (Å²) in [5.41, 5.74) is 6.21. The molecule has 0 aliphatic heterocycles. The predicted octanol–water partition coefficient (Wildman–Crippen LogP) is 1.57. The van der Waals surface area contributed by atoms with Gasteiger partial charge in [0, 0.05) is 12.5 Å². The van der Waals surface area contributed by atoms with Crippen molar-refractivity contribution in [3.63, 3.8) is 0 Å². The molecule has 0 heterocycles. The van der Waals surface area contributed by atoms with Gasteiger partial charge in [-0.3, -0.25) is 4.79 Å². The van der Waals surface area contributed by atoms with Gasteiger partial charge in [0.1, 0.15) is 5.75 Å². The Morgan fingerprint density at radius 3 is 2.89 bits per heavy atom. The third-order valence-corrected chi connectivity index (χ3v) is 2.50. The molecule has 4 nitrogen and oxygen atoms in total. The Morgan fingerprint density at radius 1 is 1.56 bits per heavy atom. The van der Waals surface area contributed by atoms with Gasteiger partial charge in [0.05, 0.1) is 5.69 Å². The summed E-state index contributed by atoms with van der Waals surface area (Å²) in [5.74, 6) is 2.85. The second-order valence-electron chi connectivity index (χ2n) is 3.91. The van der Waals surface area contributed by atoms with Gasteiger partial charge in [-0.25, -0.2) is 0 Å². The summed E-state index contributed by atoms with van der Waals surface area (Å²) in [5, 5.41) is 2.81. The third-order valence-electron chi connectivity index (χ3n) is 2.50. The summed E-state index contributed by atoms with van der Waals surface area (Å²) >= 11 is 0. The molecule has 18 heavy (non-hydrogen) atoms. The summed E-state index contributed by atoms with van der Waals surface area (Å²) < 4.78 is 5.33. The number of rotatable bonds is 6. The molecule has 0 aliphatic rings. The number of benzene rings is 1. The quantitative estimate of drug-likeness (QED) is 0.591. The molecule has 1 unspecified atom stereocenters. The fraction of sp³-hybridized carbons (Fsp3) is 0.357. The molecule has 0 saturated heterocycles. The average molecular weight is 246 g/mol. The highest BCUT2D eigenvalue weighted by Crippen LogP contribution is 2.19. The van der Waals surface area contributed by atoms with Gasteiger partial charge in [0.15, 0.2) is 6.61 Å². The molecule has 0 aromatic heterocycles. The molecule has 0 radical (unpaired) electrons. The SMILES string of the molecule is C#CCC(CC)NC(=O)COc1ccccc1N. The number of carbonyl (C=O) groups excluding carboxylic acids is 1. The number of anilines is 1. The van der Waals surface area contributed by atoms with E-state index in [-0.39, 0.29) is 18.6 Å². The number of amides is 1. The second kappa shape index (κ2) is 7.23. The molecule has 0 aliphatic carbocycles. The van der Waals surface area contributed by atoms with E-state index in [1.807, 2.05) is 13.0 Å².